The van der Waals surface area contributed by atoms with Crippen molar-refractivity contribution in [1.82, 2.24) is 4.90 Å². The standard InChI is InChI=1S/C25H31ClN2O4/c1-4-6-16-28(17-7-5-2)25(31)19-8-12-20(13-9-19)27-24(30)22(26)23(29)18-10-14-21(32-3)15-11-18/h8-15,29H,4-7,16-17H2,1-3H3,(H,27,30)/b23-22+. The van der Waals surface area contributed by atoms with E-state index < -0.39 is 5.91 Å². The van der Waals surface area contributed by atoms with Crippen molar-refractivity contribution < 1.29 is 19.4 Å². The van der Waals surface area contributed by atoms with Gasteiger partial charge in [0.05, 0.1) is 7.11 Å². The van der Waals surface area contributed by atoms with Crippen LogP contribution in [0.2, 0.25) is 0 Å². The van der Waals surface area contributed by atoms with Gasteiger partial charge in [-0.15, -0.1) is 0 Å². The fraction of sp³-hybridized carbons (Fsp3) is 0.360. The number of unbranched alkanes of at least 4 members (excludes halogenated alkanes) is 2. The maximum atomic E-state index is 12.9. The number of rotatable bonds is 11. The molecular formula is C25H31ClN2O4. The highest BCUT2D eigenvalue weighted by molar-refractivity contribution is 6.46. The molecule has 2 aromatic rings. The molecule has 0 unspecified atom stereocenters. The summed E-state index contributed by atoms with van der Waals surface area (Å²) in [5.74, 6) is -0.368. The lowest BCUT2D eigenvalue weighted by Crippen LogP contribution is -2.32. The number of carbonyl (C=O) groups excluding carboxylic acids is 2. The van der Waals surface area contributed by atoms with E-state index >= 15 is 0 Å². The monoisotopic (exact) mass is 458 g/mol. The zero-order valence-electron chi connectivity index (χ0n) is 18.9. The topological polar surface area (TPSA) is 78.9 Å². The van der Waals surface area contributed by atoms with Gasteiger partial charge in [0.2, 0.25) is 0 Å². The maximum Gasteiger partial charge on any atom is 0.271 e. The van der Waals surface area contributed by atoms with Gasteiger partial charge in [0.15, 0.2) is 0 Å². The number of benzene rings is 2. The molecule has 0 heterocycles. The van der Waals surface area contributed by atoms with Crippen LogP contribution >= 0.6 is 11.6 Å². The van der Waals surface area contributed by atoms with Crippen LogP contribution in [0.3, 0.4) is 0 Å². The van der Waals surface area contributed by atoms with Crippen molar-refractivity contribution in [3.63, 3.8) is 0 Å². The molecule has 2 aromatic carbocycles. The molecule has 0 radical (unpaired) electrons. The number of nitrogens with one attached hydrogen (secondary N) is 1. The molecule has 2 amide bonds. The first-order chi connectivity index (χ1) is 15.4. The molecule has 0 saturated carbocycles. The van der Waals surface area contributed by atoms with Crippen LogP contribution < -0.4 is 10.1 Å². The van der Waals surface area contributed by atoms with Gasteiger partial charge in [-0.2, -0.15) is 0 Å². The van der Waals surface area contributed by atoms with Crippen molar-refractivity contribution in [1.29, 1.82) is 0 Å². The third-order valence-corrected chi connectivity index (χ3v) is 5.36. The number of amides is 2. The normalized spacial score (nSPS) is 11.5. The first-order valence-electron chi connectivity index (χ1n) is 10.8. The number of halogens is 1. The van der Waals surface area contributed by atoms with E-state index in [1.807, 2.05) is 4.90 Å². The summed E-state index contributed by atoms with van der Waals surface area (Å²) in [6, 6.07) is 13.2. The highest BCUT2D eigenvalue weighted by atomic mass is 35.5. The summed E-state index contributed by atoms with van der Waals surface area (Å²) < 4.78 is 5.08. The van der Waals surface area contributed by atoms with Gasteiger partial charge in [0, 0.05) is 29.9 Å². The van der Waals surface area contributed by atoms with Crippen molar-refractivity contribution in [2.45, 2.75) is 39.5 Å². The number of hydrogen-bond donors (Lipinski definition) is 2. The van der Waals surface area contributed by atoms with E-state index in [4.69, 9.17) is 16.3 Å². The lowest BCUT2D eigenvalue weighted by atomic mass is 10.1. The number of anilines is 1. The molecule has 0 spiro atoms. The molecule has 172 valence electrons. The van der Waals surface area contributed by atoms with Crippen LogP contribution in [0.4, 0.5) is 5.69 Å². The Morgan fingerprint density at radius 1 is 0.938 bits per heavy atom. The Morgan fingerprint density at radius 2 is 1.47 bits per heavy atom. The van der Waals surface area contributed by atoms with E-state index in [-0.39, 0.29) is 16.7 Å². The summed E-state index contributed by atoms with van der Waals surface area (Å²) in [5, 5.41) is 12.6. The SMILES string of the molecule is CCCCN(CCCC)C(=O)c1ccc(NC(=O)/C(Cl)=C(\O)c2ccc(OC)cc2)cc1. The van der Waals surface area contributed by atoms with Gasteiger partial charge >= 0.3 is 0 Å². The third kappa shape index (κ3) is 7.02. The molecule has 6 nitrogen and oxygen atoms in total. The second-order valence-corrected chi connectivity index (χ2v) is 7.80. The largest absolute Gasteiger partial charge is 0.506 e. The van der Waals surface area contributed by atoms with Gasteiger partial charge in [-0.05, 0) is 61.4 Å². The predicted octanol–water partition coefficient (Wildman–Crippen LogP) is 5.84. The van der Waals surface area contributed by atoms with Crippen LogP contribution in [0.25, 0.3) is 5.76 Å². The van der Waals surface area contributed by atoms with Crippen LogP contribution in [0.5, 0.6) is 5.75 Å². The summed E-state index contributed by atoms with van der Waals surface area (Å²) in [6.07, 6.45) is 3.98. The minimum Gasteiger partial charge on any atom is -0.506 e. The molecule has 0 atom stereocenters. The van der Waals surface area contributed by atoms with Crippen LogP contribution in [0.15, 0.2) is 53.6 Å². The molecule has 0 bridgehead atoms. The number of nitrogens with zero attached hydrogens (tertiary/aromatic N) is 1. The van der Waals surface area contributed by atoms with Crippen LogP contribution in [0, 0.1) is 0 Å². The molecule has 2 N–H and O–H groups in total. The van der Waals surface area contributed by atoms with Crippen molar-refractivity contribution in [2.24, 2.45) is 0 Å². The summed E-state index contributed by atoms with van der Waals surface area (Å²) in [4.78, 5) is 27.2. The van der Waals surface area contributed by atoms with E-state index in [2.05, 4.69) is 19.2 Å². The van der Waals surface area contributed by atoms with Crippen molar-refractivity contribution in [3.05, 3.63) is 64.7 Å². The first-order valence-corrected chi connectivity index (χ1v) is 11.2. The van der Waals surface area contributed by atoms with Crippen LogP contribution in [-0.4, -0.2) is 42.0 Å². The smallest absolute Gasteiger partial charge is 0.271 e. The molecule has 0 aliphatic heterocycles. The Hall–Kier alpha value is -2.99. The van der Waals surface area contributed by atoms with E-state index in [9.17, 15) is 14.7 Å². The molecular weight excluding hydrogens is 428 g/mol. The molecule has 0 saturated heterocycles. The fourth-order valence-corrected chi connectivity index (χ4v) is 3.22. The predicted molar refractivity (Wildman–Crippen MR) is 129 cm³/mol. The van der Waals surface area contributed by atoms with E-state index in [0.717, 1.165) is 38.8 Å². The Morgan fingerprint density at radius 3 is 1.97 bits per heavy atom. The fourth-order valence-electron chi connectivity index (χ4n) is 3.06. The van der Waals surface area contributed by atoms with Gasteiger partial charge in [0.25, 0.3) is 11.8 Å². The summed E-state index contributed by atoms with van der Waals surface area (Å²) in [7, 11) is 1.54. The minimum absolute atomic E-state index is 0.0140. The molecule has 2 rings (SSSR count). The third-order valence-electron chi connectivity index (χ3n) is 5.01. The van der Waals surface area contributed by atoms with Crippen LogP contribution in [0.1, 0.15) is 55.5 Å². The average Bonchev–Trinajstić information content (AvgIpc) is 2.83. The first kappa shape index (κ1) is 25.3. The second kappa shape index (κ2) is 12.8. The van der Waals surface area contributed by atoms with Gasteiger partial charge in [-0.1, -0.05) is 38.3 Å². The number of hydrogen-bond acceptors (Lipinski definition) is 4. The van der Waals surface area contributed by atoms with Gasteiger partial charge in [-0.3, -0.25) is 9.59 Å². The van der Waals surface area contributed by atoms with E-state index in [1.165, 1.54) is 7.11 Å². The van der Waals surface area contributed by atoms with Crippen LogP contribution in [-0.2, 0) is 4.79 Å². The zero-order valence-corrected chi connectivity index (χ0v) is 19.6. The van der Waals surface area contributed by atoms with E-state index in [1.54, 1.807) is 48.5 Å². The molecule has 0 fully saturated rings. The minimum atomic E-state index is -0.647. The average molecular weight is 459 g/mol. The van der Waals surface area contributed by atoms with Gasteiger partial charge < -0.3 is 20.1 Å². The number of carbonyl (C=O) groups is 2. The van der Waals surface area contributed by atoms with Crippen molar-refractivity contribution in [2.75, 3.05) is 25.5 Å². The lowest BCUT2D eigenvalue weighted by molar-refractivity contribution is -0.112. The summed E-state index contributed by atoms with van der Waals surface area (Å²) in [5.41, 5.74) is 1.44. The quantitative estimate of drug-likeness (QED) is 0.327. The Labute approximate surface area is 194 Å². The van der Waals surface area contributed by atoms with Gasteiger partial charge in [0.1, 0.15) is 16.5 Å². The number of ether oxygens (including phenoxy) is 1. The van der Waals surface area contributed by atoms with Gasteiger partial charge in [-0.25, -0.2) is 0 Å². The Bertz CT molecular complexity index is 916. The molecule has 0 aliphatic rings. The van der Waals surface area contributed by atoms with E-state index in [0.29, 0.717) is 22.6 Å². The number of aliphatic hydroxyl groups is 1. The number of methoxy groups -OCH3 is 1. The zero-order chi connectivity index (χ0) is 23.5. The maximum absolute atomic E-state index is 12.9. The Balaban J connectivity index is 2.08. The van der Waals surface area contributed by atoms with Crippen molar-refractivity contribution >= 4 is 34.9 Å². The van der Waals surface area contributed by atoms with Crippen molar-refractivity contribution in [3.8, 4) is 5.75 Å². The lowest BCUT2D eigenvalue weighted by Gasteiger charge is -2.22. The molecule has 0 aromatic heterocycles. The molecule has 0 aliphatic carbocycles. The summed E-state index contributed by atoms with van der Waals surface area (Å²) >= 11 is 6.09. The number of aliphatic hydroxyl groups excluding tert-OH is 1. The molecule has 7 heteroatoms. The Kier molecular flexibility index (Phi) is 10.1. The highest BCUT2D eigenvalue weighted by Gasteiger charge is 2.17. The highest BCUT2D eigenvalue weighted by Crippen LogP contribution is 2.23. The molecule has 32 heavy (non-hydrogen) atoms. The second-order valence-electron chi connectivity index (χ2n) is 7.42. The summed E-state index contributed by atoms with van der Waals surface area (Å²) in [6.45, 7) is 5.68.